The van der Waals surface area contributed by atoms with Crippen molar-refractivity contribution in [2.75, 3.05) is 7.05 Å². The lowest BCUT2D eigenvalue weighted by Crippen LogP contribution is -2.38. The molecular weight excluding hydrogens is 519 g/mol. The minimum Gasteiger partial charge on any atom is -0.369 e. The highest BCUT2D eigenvalue weighted by molar-refractivity contribution is 14.1. The quantitative estimate of drug-likeness (QED) is 0.484. The lowest BCUT2D eigenvalue weighted by Gasteiger charge is -2.21. The van der Waals surface area contributed by atoms with Crippen LogP contribution in [0.1, 0.15) is 28.4 Å². The van der Waals surface area contributed by atoms with Crippen LogP contribution in [-0.4, -0.2) is 39.9 Å². The highest BCUT2D eigenvalue weighted by atomic mass is 127. The summed E-state index contributed by atoms with van der Waals surface area (Å²) in [7, 11) is 1.62. The smallest absolute Gasteiger partial charge is 0.261 e. The Bertz CT molecular complexity index is 1230. The maximum Gasteiger partial charge on any atom is 0.261 e. The van der Waals surface area contributed by atoms with E-state index < -0.39 is 5.54 Å². The number of carbonyl (C=O) groups excluding carboxylic acids is 2. The van der Waals surface area contributed by atoms with Crippen molar-refractivity contribution in [1.82, 2.24) is 20.4 Å². The van der Waals surface area contributed by atoms with Gasteiger partial charge < -0.3 is 11.1 Å². The van der Waals surface area contributed by atoms with Crippen molar-refractivity contribution in [2.24, 2.45) is 10.7 Å². The van der Waals surface area contributed by atoms with Crippen molar-refractivity contribution >= 4 is 40.4 Å². The Hall–Kier alpha value is -3.34. The maximum atomic E-state index is 12.8. The number of benzene rings is 2. The van der Waals surface area contributed by atoms with Crippen LogP contribution in [0.3, 0.4) is 0 Å². The Balaban J connectivity index is 1.66. The molecule has 2 amide bonds. The SMILES string of the molecule is CN1C(=O)C(C)(c2cccc(-c3cc(I)ccc3CNC(=O)c3ccnnc3)c2)N=C1N. The molecule has 0 spiro atoms. The van der Waals surface area contributed by atoms with E-state index in [9.17, 15) is 9.59 Å². The number of halogens is 1. The molecule has 8 nitrogen and oxygen atoms in total. The molecule has 1 aliphatic heterocycles. The van der Waals surface area contributed by atoms with Gasteiger partial charge in [-0.2, -0.15) is 10.2 Å². The van der Waals surface area contributed by atoms with Gasteiger partial charge in [-0.25, -0.2) is 4.99 Å². The van der Waals surface area contributed by atoms with Gasteiger partial charge >= 0.3 is 0 Å². The minimum absolute atomic E-state index is 0.173. The molecule has 9 heteroatoms. The number of rotatable bonds is 5. The molecule has 0 radical (unpaired) electrons. The summed E-state index contributed by atoms with van der Waals surface area (Å²) in [5, 5.41) is 10.4. The molecule has 2 aromatic carbocycles. The first-order chi connectivity index (χ1) is 15.3. The molecule has 3 N–H and O–H groups in total. The van der Waals surface area contributed by atoms with E-state index in [2.05, 4.69) is 49.2 Å². The van der Waals surface area contributed by atoms with E-state index in [-0.39, 0.29) is 17.8 Å². The predicted molar refractivity (Wildman–Crippen MR) is 130 cm³/mol. The molecule has 0 fully saturated rings. The second-order valence-corrected chi connectivity index (χ2v) is 8.85. The molecule has 1 atom stereocenters. The Morgan fingerprint density at radius 1 is 1.19 bits per heavy atom. The summed E-state index contributed by atoms with van der Waals surface area (Å²) in [5.74, 6) is -0.200. The van der Waals surface area contributed by atoms with Crippen LogP contribution in [0.25, 0.3) is 11.1 Å². The summed E-state index contributed by atoms with van der Waals surface area (Å²) >= 11 is 2.26. The molecule has 4 rings (SSSR count). The molecule has 1 unspecified atom stereocenters. The van der Waals surface area contributed by atoms with Gasteiger partial charge in [-0.15, -0.1) is 0 Å². The van der Waals surface area contributed by atoms with Crippen molar-refractivity contribution in [3.05, 3.63) is 81.2 Å². The fraction of sp³-hybridized carbons (Fsp3) is 0.174. The Morgan fingerprint density at radius 2 is 2.00 bits per heavy atom. The zero-order chi connectivity index (χ0) is 22.9. The van der Waals surface area contributed by atoms with E-state index in [1.54, 1.807) is 20.0 Å². The summed E-state index contributed by atoms with van der Waals surface area (Å²) in [6.45, 7) is 2.10. The Kier molecular flexibility index (Phi) is 5.92. The van der Waals surface area contributed by atoms with Crippen LogP contribution >= 0.6 is 22.6 Å². The monoisotopic (exact) mass is 540 g/mol. The fourth-order valence-electron chi connectivity index (χ4n) is 3.63. The topological polar surface area (TPSA) is 114 Å². The van der Waals surface area contributed by atoms with Crippen molar-refractivity contribution in [3.63, 3.8) is 0 Å². The number of nitrogens with zero attached hydrogens (tertiary/aromatic N) is 4. The number of hydrogen-bond donors (Lipinski definition) is 2. The van der Waals surface area contributed by atoms with E-state index in [1.807, 2.05) is 36.4 Å². The summed E-state index contributed by atoms with van der Waals surface area (Å²) < 4.78 is 1.06. The predicted octanol–water partition coefficient (Wildman–Crippen LogP) is 2.68. The number of aromatic nitrogens is 2. The zero-order valence-corrected chi connectivity index (χ0v) is 19.7. The summed E-state index contributed by atoms with van der Waals surface area (Å²) in [6, 6.07) is 15.4. The second-order valence-electron chi connectivity index (χ2n) is 7.60. The highest BCUT2D eigenvalue weighted by Gasteiger charge is 2.43. The summed E-state index contributed by atoms with van der Waals surface area (Å²) in [5.41, 5.74) is 8.86. The number of guanidine groups is 1. The second kappa shape index (κ2) is 8.65. The van der Waals surface area contributed by atoms with E-state index >= 15 is 0 Å². The van der Waals surface area contributed by atoms with Gasteiger partial charge in [-0.1, -0.05) is 24.3 Å². The third-order valence-electron chi connectivity index (χ3n) is 5.50. The van der Waals surface area contributed by atoms with Gasteiger partial charge in [0, 0.05) is 17.2 Å². The normalized spacial score (nSPS) is 17.9. The van der Waals surface area contributed by atoms with Gasteiger partial charge in [-0.05, 0) is 76.0 Å². The van der Waals surface area contributed by atoms with Gasteiger partial charge in [0.05, 0.1) is 18.0 Å². The van der Waals surface area contributed by atoms with E-state index in [0.717, 1.165) is 25.8 Å². The molecule has 1 aliphatic rings. The molecule has 3 aromatic rings. The van der Waals surface area contributed by atoms with Crippen LogP contribution < -0.4 is 11.1 Å². The van der Waals surface area contributed by atoms with Crippen LogP contribution in [0, 0.1) is 3.57 Å². The Morgan fingerprint density at radius 3 is 2.69 bits per heavy atom. The number of hydrogen-bond acceptors (Lipinski definition) is 6. The van der Waals surface area contributed by atoms with Gasteiger partial charge in [0.15, 0.2) is 11.5 Å². The third-order valence-corrected chi connectivity index (χ3v) is 6.17. The minimum atomic E-state index is -1.07. The van der Waals surface area contributed by atoms with Crippen molar-refractivity contribution in [3.8, 4) is 11.1 Å². The average molecular weight is 540 g/mol. The zero-order valence-electron chi connectivity index (χ0n) is 17.5. The summed E-state index contributed by atoms with van der Waals surface area (Å²) in [6.07, 6.45) is 2.91. The van der Waals surface area contributed by atoms with Crippen molar-refractivity contribution in [2.45, 2.75) is 19.0 Å². The maximum absolute atomic E-state index is 12.8. The molecule has 162 valence electrons. The number of carbonyl (C=O) groups is 2. The largest absolute Gasteiger partial charge is 0.369 e. The van der Waals surface area contributed by atoms with E-state index in [0.29, 0.717) is 12.1 Å². The first-order valence-electron chi connectivity index (χ1n) is 9.87. The van der Waals surface area contributed by atoms with Gasteiger partial charge in [0.2, 0.25) is 0 Å². The molecular formula is C23H21IN6O2. The fourth-order valence-corrected chi connectivity index (χ4v) is 4.13. The van der Waals surface area contributed by atoms with Crippen LogP contribution in [0.15, 0.2) is 65.9 Å². The van der Waals surface area contributed by atoms with Gasteiger partial charge in [0.1, 0.15) is 0 Å². The number of aliphatic imine (C=N–C) groups is 1. The van der Waals surface area contributed by atoms with Crippen molar-refractivity contribution in [1.29, 1.82) is 0 Å². The molecule has 2 heterocycles. The van der Waals surface area contributed by atoms with Crippen LogP contribution in [-0.2, 0) is 16.9 Å². The number of nitrogens with one attached hydrogen (secondary N) is 1. The number of likely N-dealkylation sites (N-methyl/N-ethyl adjacent to an activating group) is 1. The Labute approximate surface area is 199 Å². The lowest BCUT2D eigenvalue weighted by molar-refractivity contribution is -0.130. The van der Waals surface area contributed by atoms with E-state index in [4.69, 9.17) is 5.73 Å². The average Bonchev–Trinajstić information content (AvgIpc) is 3.02. The van der Waals surface area contributed by atoms with Gasteiger partial charge in [0.25, 0.3) is 11.8 Å². The van der Waals surface area contributed by atoms with Crippen LogP contribution in [0.4, 0.5) is 0 Å². The first-order valence-corrected chi connectivity index (χ1v) is 10.9. The molecule has 1 aromatic heterocycles. The third kappa shape index (κ3) is 4.07. The standard InChI is InChI=1S/C23H21IN6O2/c1-23(21(32)30(2)22(25)29-23)17-5-3-4-14(10-17)19-11-18(24)7-6-15(19)12-26-20(31)16-8-9-27-28-13-16/h3-11,13H,12H2,1-2H3,(H2,25,29)(H,26,31). The van der Waals surface area contributed by atoms with E-state index in [1.165, 1.54) is 17.3 Å². The highest BCUT2D eigenvalue weighted by Crippen LogP contribution is 2.35. The number of nitrogens with two attached hydrogens (primary N) is 1. The molecule has 0 saturated heterocycles. The molecule has 32 heavy (non-hydrogen) atoms. The van der Waals surface area contributed by atoms with Crippen LogP contribution in [0.5, 0.6) is 0 Å². The molecule has 0 saturated carbocycles. The van der Waals surface area contributed by atoms with Crippen molar-refractivity contribution < 1.29 is 9.59 Å². The molecule has 0 aliphatic carbocycles. The molecule has 0 bridgehead atoms. The number of amides is 2. The lowest BCUT2D eigenvalue weighted by atomic mass is 9.89. The summed E-state index contributed by atoms with van der Waals surface area (Å²) in [4.78, 5) is 31.0. The first kappa shape index (κ1) is 21.9. The van der Waals surface area contributed by atoms with Crippen LogP contribution in [0.2, 0.25) is 0 Å². The van der Waals surface area contributed by atoms with Gasteiger partial charge in [-0.3, -0.25) is 14.5 Å².